The van der Waals surface area contributed by atoms with E-state index < -0.39 is 0 Å². The van der Waals surface area contributed by atoms with Gasteiger partial charge >= 0.3 is 0 Å². The lowest BCUT2D eigenvalue weighted by Crippen LogP contribution is -2.26. The SMILES string of the molecule is CCCC(C)NCCCCn1cnnc1. The van der Waals surface area contributed by atoms with Gasteiger partial charge in [-0.25, -0.2) is 0 Å². The maximum atomic E-state index is 3.77. The first-order valence-electron chi connectivity index (χ1n) is 5.88. The van der Waals surface area contributed by atoms with Gasteiger partial charge in [-0.15, -0.1) is 10.2 Å². The lowest BCUT2D eigenvalue weighted by Gasteiger charge is -2.12. The lowest BCUT2D eigenvalue weighted by molar-refractivity contribution is 0.484. The zero-order valence-corrected chi connectivity index (χ0v) is 9.82. The Kier molecular flexibility index (Phi) is 6.00. The van der Waals surface area contributed by atoms with Crippen molar-refractivity contribution in [3.63, 3.8) is 0 Å². The molecule has 0 bridgehead atoms. The predicted octanol–water partition coefficient (Wildman–Crippen LogP) is 1.84. The summed E-state index contributed by atoms with van der Waals surface area (Å²) in [6.07, 6.45) is 8.47. The molecule has 0 aromatic carbocycles. The Labute approximate surface area is 92.1 Å². The number of nitrogens with zero attached hydrogens (tertiary/aromatic N) is 3. The van der Waals surface area contributed by atoms with Crippen LogP contribution < -0.4 is 5.32 Å². The first kappa shape index (κ1) is 12.2. The minimum atomic E-state index is 0.657. The smallest absolute Gasteiger partial charge is 0.119 e. The molecule has 0 amide bonds. The number of aryl methyl sites for hydroxylation is 1. The van der Waals surface area contributed by atoms with Gasteiger partial charge in [0.2, 0.25) is 0 Å². The summed E-state index contributed by atoms with van der Waals surface area (Å²) in [5.41, 5.74) is 0. The van der Waals surface area contributed by atoms with Gasteiger partial charge in [0.25, 0.3) is 0 Å². The molecular formula is C11H22N4. The molecule has 0 spiro atoms. The molecule has 4 heteroatoms. The molecule has 1 rings (SSSR count). The Hall–Kier alpha value is -0.900. The van der Waals surface area contributed by atoms with E-state index in [9.17, 15) is 0 Å². The van der Waals surface area contributed by atoms with Gasteiger partial charge in [-0.05, 0) is 32.7 Å². The van der Waals surface area contributed by atoms with Crippen LogP contribution in [0.1, 0.15) is 39.5 Å². The molecule has 1 heterocycles. The summed E-state index contributed by atoms with van der Waals surface area (Å²) in [4.78, 5) is 0. The van der Waals surface area contributed by atoms with Crippen molar-refractivity contribution in [1.82, 2.24) is 20.1 Å². The molecular weight excluding hydrogens is 188 g/mol. The zero-order valence-electron chi connectivity index (χ0n) is 9.82. The standard InChI is InChI=1S/C11H22N4/c1-3-6-11(2)12-7-4-5-8-15-9-13-14-10-15/h9-12H,3-8H2,1-2H3. The maximum absolute atomic E-state index is 3.77. The van der Waals surface area contributed by atoms with Gasteiger partial charge in [-0.2, -0.15) is 0 Å². The minimum absolute atomic E-state index is 0.657. The van der Waals surface area contributed by atoms with E-state index in [1.54, 1.807) is 12.7 Å². The van der Waals surface area contributed by atoms with E-state index in [2.05, 4.69) is 29.4 Å². The topological polar surface area (TPSA) is 42.7 Å². The molecule has 0 radical (unpaired) electrons. The summed E-state index contributed by atoms with van der Waals surface area (Å²) in [5, 5.41) is 11.1. The lowest BCUT2D eigenvalue weighted by atomic mass is 10.2. The molecule has 1 aromatic heterocycles. The van der Waals surface area contributed by atoms with Crippen LogP contribution in [0.15, 0.2) is 12.7 Å². The van der Waals surface area contributed by atoms with Crippen LogP contribution in [0.3, 0.4) is 0 Å². The van der Waals surface area contributed by atoms with Crippen molar-refractivity contribution in [1.29, 1.82) is 0 Å². The summed E-state index contributed by atoms with van der Waals surface area (Å²) in [7, 11) is 0. The average Bonchev–Trinajstić information content (AvgIpc) is 2.70. The van der Waals surface area contributed by atoms with Crippen LogP contribution in [-0.4, -0.2) is 27.4 Å². The molecule has 1 unspecified atom stereocenters. The third-order valence-corrected chi connectivity index (χ3v) is 2.52. The van der Waals surface area contributed by atoms with Gasteiger partial charge in [-0.3, -0.25) is 0 Å². The van der Waals surface area contributed by atoms with E-state index in [0.717, 1.165) is 13.1 Å². The second-order valence-corrected chi connectivity index (χ2v) is 4.05. The summed E-state index contributed by atoms with van der Waals surface area (Å²) in [5.74, 6) is 0. The van der Waals surface area contributed by atoms with Gasteiger partial charge in [0.05, 0.1) is 0 Å². The van der Waals surface area contributed by atoms with Crippen molar-refractivity contribution in [2.24, 2.45) is 0 Å². The third-order valence-electron chi connectivity index (χ3n) is 2.52. The molecule has 15 heavy (non-hydrogen) atoms. The third kappa shape index (κ3) is 5.52. The van der Waals surface area contributed by atoms with Crippen LogP contribution >= 0.6 is 0 Å². The highest BCUT2D eigenvalue weighted by Gasteiger charge is 1.98. The molecule has 1 aromatic rings. The normalized spacial score (nSPS) is 12.9. The maximum Gasteiger partial charge on any atom is 0.119 e. The van der Waals surface area contributed by atoms with Crippen LogP contribution in [0.2, 0.25) is 0 Å². The highest BCUT2D eigenvalue weighted by atomic mass is 15.2. The number of nitrogens with one attached hydrogen (secondary N) is 1. The molecule has 0 aliphatic heterocycles. The minimum Gasteiger partial charge on any atom is -0.320 e. The fraction of sp³-hybridized carbons (Fsp3) is 0.818. The largest absolute Gasteiger partial charge is 0.320 e. The fourth-order valence-electron chi connectivity index (χ4n) is 1.64. The Morgan fingerprint density at radius 3 is 2.67 bits per heavy atom. The number of unbranched alkanes of at least 4 members (excludes halogenated alkanes) is 1. The Balaban J connectivity index is 1.93. The molecule has 1 atom stereocenters. The Morgan fingerprint density at radius 1 is 1.27 bits per heavy atom. The van der Waals surface area contributed by atoms with E-state index in [0.29, 0.717) is 6.04 Å². The number of hydrogen-bond acceptors (Lipinski definition) is 3. The Bertz CT molecular complexity index is 233. The summed E-state index contributed by atoms with van der Waals surface area (Å²) in [6.45, 7) is 6.62. The van der Waals surface area contributed by atoms with Crippen molar-refractivity contribution in [3.05, 3.63) is 12.7 Å². The van der Waals surface area contributed by atoms with Crippen molar-refractivity contribution in [2.45, 2.75) is 52.1 Å². The first-order chi connectivity index (χ1) is 7.33. The van der Waals surface area contributed by atoms with Gasteiger partial charge in [-0.1, -0.05) is 13.3 Å². The molecule has 1 N–H and O–H groups in total. The summed E-state index contributed by atoms with van der Waals surface area (Å²) < 4.78 is 2.02. The highest BCUT2D eigenvalue weighted by molar-refractivity contribution is 4.62. The molecule has 86 valence electrons. The fourth-order valence-corrected chi connectivity index (χ4v) is 1.64. The summed E-state index contributed by atoms with van der Waals surface area (Å²) in [6, 6.07) is 0.657. The van der Waals surface area contributed by atoms with Gasteiger partial charge < -0.3 is 9.88 Å². The molecule has 0 saturated heterocycles. The number of hydrogen-bond donors (Lipinski definition) is 1. The van der Waals surface area contributed by atoms with Crippen LogP contribution in [0.4, 0.5) is 0 Å². The second-order valence-electron chi connectivity index (χ2n) is 4.05. The van der Waals surface area contributed by atoms with Crippen molar-refractivity contribution in [3.8, 4) is 0 Å². The Morgan fingerprint density at radius 2 is 2.00 bits per heavy atom. The van der Waals surface area contributed by atoms with E-state index in [1.807, 2.05) is 4.57 Å². The molecule has 0 fully saturated rings. The van der Waals surface area contributed by atoms with Gasteiger partial charge in [0, 0.05) is 12.6 Å². The monoisotopic (exact) mass is 210 g/mol. The van der Waals surface area contributed by atoms with E-state index in [-0.39, 0.29) is 0 Å². The number of aromatic nitrogens is 3. The van der Waals surface area contributed by atoms with Crippen molar-refractivity contribution >= 4 is 0 Å². The predicted molar refractivity (Wildman–Crippen MR) is 61.6 cm³/mol. The quantitative estimate of drug-likeness (QED) is 0.666. The van der Waals surface area contributed by atoms with E-state index >= 15 is 0 Å². The molecule has 0 aliphatic carbocycles. The average molecular weight is 210 g/mol. The number of rotatable bonds is 8. The van der Waals surface area contributed by atoms with Gasteiger partial charge in [0.15, 0.2) is 0 Å². The zero-order chi connectivity index (χ0) is 10.9. The van der Waals surface area contributed by atoms with E-state index in [4.69, 9.17) is 0 Å². The molecule has 0 aliphatic rings. The highest BCUT2D eigenvalue weighted by Crippen LogP contribution is 1.97. The van der Waals surface area contributed by atoms with E-state index in [1.165, 1.54) is 25.7 Å². The van der Waals surface area contributed by atoms with Gasteiger partial charge in [0.1, 0.15) is 12.7 Å². The van der Waals surface area contributed by atoms with Crippen LogP contribution in [0, 0.1) is 0 Å². The van der Waals surface area contributed by atoms with Crippen LogP contribution in [-0.2, 0) is 6.54 Å². The summed E-state index contributed by atoms with van der Waals surface area (Å²) >= 11 is 0. The van der Waals surface area contributed by atoms with Crippen molar-refractivity contribution < 1.29 is 0 Å². The van der Waals surface area contributed by atoms with Crippen LogP contribution in [0.5, 0.6) is 0 Å². The van der Waals surface area contributed by atoms with Crippen LogP contribution in [0.25, 0.3) is 0 Å². The second kappa shape index (κ2) is 7.40. The van der Waals surface area contributed by atoms with Crippen molar-refractivity contribution in [2.75, 3.05) is 6.54 Å². The molecule has 0 saturated carbocycles. The first-order valence-corrected chi connectivity index (χ1v) is 5.88. The molecule has 4 nitrogen and oxygen atoms in total.